The number of fused-ring (bicyclic) bond motifs is 1. The van der Waals surface area contributed by atoms with Gasteiger partial charge >= 0.3 is 0 Å². The topological polar surface area (TPSA) is 50.4 Å². The van der Waals surface area contributed by atoms with Gasteiger partial charge in [-0.3, -0.25) is 0 Å². The first-order valence-corrected chi connectivity index (χ1v) is 9.06. The number of thioether (sulfide) groups is 1. The molecule has 5 nitrogen and oxygen atoms in total. The van der Waals surface area contributed by atoms with Crippen LogP contribution in [-0.4, -0.2) is 47.6 Å². The van der Waals surface area contributed by atoms with E-state index in [1.54, 1.807) is 18.9 Å². The number of aromatic nitrogens is 2. The molecule has 2 aromatic rings. The number of imidazole rings is 1. The first kappa shape index (κ1) is 16.9. The van der Waals surface area contributed by atoms with Crippen LogP contribution in [0, 0.1) is 0 Å². The Morgan fingerprint density at radius 2 is 2.17 bits per heavy atom. The monoisotopic (exact) mass is 345 g/mol. The highest BCUT2D eigenvalue weighted by Crippen LogP contribution is 2.23. The SMILES string of the molecule is COCCCOC1=C(C)CN(CSc2nc3ccccc3[nH]2)C=C1. The van der Waals surface area contributed by atoms with Crippen LogP contribution in [0.25, 0.3) is 11.0 Å². The van der Waals surface area contributed by atoms with Crippen LogP contribution in [0.15, 0.2) is 53.0 Å². The van der Waals surface area contributed by atoms with Crippen LogP contribution >= 0.6 is 11.8 Å². The predicted octanol–water partition coefficient (Wildman–Crippen LogP) is 3.77. The molecule has 1 aliphatic heterocycles. The Morgan fingerprint density at radius 3 is 2.96 bits per heavy atom. The van der Waals surface area contributed by atoms with Crippen LogP contribution in [0.5, 0.6) is 0 Å². The van der Waals surface area contributed by atoms with Gasteiger partial charge in [0, 0.05) is 32.9 Å². The van der Waals surface area contributed by atoms with Gasteiger partial charge in [0.25, 0.3) is 0 Å². The molecule has 2 heterocycles. The second-order valence-corrected chi connectivity index (χ2v) is 6.67. The third kappa shape index (κ3) is 4.33. The lowest BCUT2D eigenvalue weighted by Crippen LogP contribution is -2.23. The van der Waals surface area contributed by atoms with Crippen molar-refractivity contribution >= 4 is 22.8 Å². The molecule has 0 saturated heterocycles. The number of H-pyrrole nitrogens is 1. The molecule has 0 aliphatic carbocycles. The van der Waals surface area contributed by atoms with E-state index in [2.05, 4.69) is 28.0 Å². The summed E-state index contributed by atoms with van der Waals surface area (Å²) in [5.74, 6) is 1.83. The van der Waals surface area contributed by atoms with E-state index in [0.29, 0.717) is 6.61 Å². The maximum Gasteiger partial charge on any atom is 0.168 e. The van der Waals surface area contributed by atoms with Crippen molar-refractivity contribution in [3.05, 3.63) is 47.9 Å². The summed E-state index contributed by atoms with van der Waals surface area (Å²) in [5, 5.41) is 0.952. The van der Waals surface area contributed by atoms with Crippen molar-refractivity contribution in [2.45, 2.75) is 18.5 Å². The maximum atomic E-state index is 5.81. The highest BCUT2D eigenvalue weighted by atomic mass is 32.2. The molecule has 3 rings (SSSR count). The first-order chi connectivity index (χ1) is 11.8. The van der Waals surface area contributed by atoms with Gasteiger partial charge in [0.05, 0.1) is 23.5 Å². The number of nitrogens with one attached hydrogen (secondary N) is 1. The Morgan fingerprint density at radius 1 is 1.29 bits per heavy atom. The number of aromatic amines is 1. The Kier molecular flexibility index (Phi) is 5.82. The summed E-state index contributed by atoms with van der Waals surface area (Å²) in [6.07, 6.45) is 5.05. The molecule has 0 saturated carbocycles. The van der Waals surface area contributed by atoms with E-state index >= 15 is 0 Å². The van der Waals surface area contributed by atoms with Gasteiger partial charge in [-0.05, 0) is 30.7 Å². The lowest BCUT2D eigenvalue weighted by atomic mass is 10.2. The Labute approximate surface area is 146 Å². The summed E-state index contributed by atoms with van der Waals surface area (Å²) >= 11 is 1.71. The van der Waals surface area contributed by atoms with E-state index in [1.807, 2.05) is 30.3 Å². The minimum atomic E-state index is 0.693. The summed E-state index contributed by atoms with van der Waals surface area (Å²) in [5.41, 5.74) is 3.34. The molecule has 1 aliphatic rings. The molecule has 0 atom stereocenters. The molecule has 0 radical (unpaired) electrons. The minimum absolute atomic E-state index is 0.693. The Bertz CT molecular complexity index is 706. The van der Waals surface area contributed by atoms with Crippen LogP contribution < -0.4 is 0 Å². The number of hydrogen-bond donors (Lipinski definition) is 1. The number of hydrogen-bond acceptors (Lipinski definition) is 5. The van der Waals surface area contributed by atoms with E-state index in [4.69, 9.17) is 9.47 Å². The zero-order chi connectivity index (χ0) is 16.8. The van der Waals surface area contributed by atoms with Crippen molar-refractivity contribution in [3.63, 3.8) is 0 Å². The van der Waals surface area contributed by atoms with Crippen LogP contribution in [0.2, 0.25) is 0 Å². The molecule has 6 heteroatoms. The van der Waals surface area contributed by atoms with Crippen molar-refractivity contribution < 1.29 is 9.47 Å². The van der Waals surface area contributed by atoms with Crippen LogP contribution in [-0.2, 0) is 9.47 Å². The molecule has 1 N–H and O–H groups in total. The lowest BCUT2D eigenvalue weighted by molar-refractivity contribution is 0.146. The Hall–Kier alpha value is -1.92. The zero-order valence-corrected chi connectivity index (χ0v) is 14.9. The quantitative estimate of drug-likeness (QED) is 0.583. The van der Waals surface area contributed by atoms with E-state index in [-0.39, 0.29) is 0 Å². The number of rotatable bonds is 8. The Balaban J connectivity index is 1.49. The summed E-state index contributed by atoms with van der Waals surface area (Å²) in [4.78, 5) is 10.2. The summed E-state index contributed by atoms with van der Waals surface area (Å²) in [6, 6.07) is 8.10. The third-order valence-electron chi connectivity index (χ3n) is 3.78. The van der Waals surface area contributed by atoms with Crippen molar-refractivity contribution in [1.82, 2.24) is 14.9 Å². The third-order valence-corrected chi connectivity index (χ3v) is 4.71. The van der Waals surface area contributed by atoms with Crippen molar-refractivity contribution in [3.8, 4) is 0 Å². The molecule has 24 heavy (non-hydrogen) atoms. The van der Waals surface area contributed by atoms with Gasteiger partial charge in [-0.1, -0.05) is 23.9 Å². The normalized spacial score (nSPS) is 14.7. The molecule has 0 unspecified atom stereocenters. The van der Waals surface area contributed by atoms with E-state index in [1.165, 1.54) is 5.57 Å². The predicted molar refractivity (Wildman–Crippen MR) is 97.8 cm³/mol. The van der Waals surface area contributed by atoms with Crippen molar-refractivity contribution in [2.24, 2.45) is 0 Å². The van der Waals surface area contributed by atoms with Gasteiger partial charge in [-0.2, -0.15) is 0 Å². The van der Waals surface area contributed by atoms with Gasteiger partial charge in [-0.25, -0.2) is 4.98 Å². The smallest absolute Gasteiger partial charge is 0.168 e. The molecule has 128 valence electrons. The van der Waals surface area contributed by atoms with E-state index in [0.717, 1.165) is 47.4 Å². The van der Waals surface area contributed by atoms with Gasteiger partial charge in [0.15, 0.2) is 5.16 Å². The summed E-state index contributed by atoms with van der Waals surface area (Å²) in [6.45, 7) is 4.42. The molecule has 1 aromatic carbocycles. The molecular formula is C18H23N3O2S. The van der Waals surface area contributed by atoms with Gasteiger partial charge < -0.3 is 19.4 Å². The molecular weight excluding hydrogens is 322 g/mol. The summed E-state index contributed by atoms with van der Waals surface area (Å²) in [7, 11) is 1.71. The number of ether oxygens (including phenoxy) is 2. The zero-order valence-electron chi connectivity index (χ0n) is 14.1. The van der Waals surface area contributed by atoms with Crippen LogP contribution in [0.1, 0.15) is 13.3 Å². The fourth-order valence-electron chi connectivity index (χ4n) is 2.54. The number of benzene rings is 1. The number of nitrogens with zero attached hydrogens (tertiary/aromatic N) is 2. The largest absolute Gasteiger partial charge is 0.493 e. The van der Waals surface area contributed by atoms with Gasteiger partial charge in [0.1, 0.15) is 5.76 Å². The van der Waals surface area contributed by atoms with E-state index < -0.39 is 0 Å². The maximum absolute atomic E-state index is 5.81. The number of para-hydroxylation sites is 2. The average Bonchev–Trinajstić information content (AvgIpc) is 3.01. The van der Waals surface area contributed by atoms with E-state index in [9.17, 15) is 0 Å². The first-order valence-electron chi connectivity index (χ1n) is 8.07. The fourth-order valence-corrected chi connectivity index (χ4v) is 3.35. The summed E-state index contributed by atoms with van der Waals surface area (Å²) < 4.78 is 10.8. The molecule has 0 bridgehead atoms. The minimum Gasteiger partial charge on any atom is -0.493 e. The second-order valence-electron chi connectivity index (χ2n) is 5.73. The molecule has 0 amide bonds. The highest BCUT2D eigenvalue weighted by molar-refractivity contribution is 7.99. The van der Waals surface area contributed by atoms with Crippen molar-refractivity contribution in [1.29, 1.82) is 0 Å². The standard InChI is InChI=1S/C18H23N3O2S/c1-14-12-21(9-8-17(14)23-11-5-10-22-2)13-24-18-19-15-6-3-4-7-16(15)20-18/h3-4,6-9H,5,10-13H2,1-2H3,(H,19,20). The number of allylic oxidation sites excluding steroid dienone is 1. The molecule has 0 fully saturated rings. The molecule has 1 aromatic heterocycles. The van der Waals surface area contributed by atoms with Gasteiger partial charge in [-0.15, -0.1) is 0 Å². The fraction of sp³-hybridized carbons (Fsp3) is 0.389. The second kappa shape index (κ2) is 8.26. The average molecular weight is 345 g/mol. The van der Waals surface area contributed by atoms with Crippen LogP contribution in [0.3, 0.4) is 0 Å². The number of methoxy groups -OCH3 is 1. The molecule has 0 spiro atoms. The highest BCUT2D eigenvalue weighted by Gasteiger charge is 2.12. The van der Waals surface area contributed by atoms with Crippen molar-refractivity contribution in [2.75, 3.05) is 32.7 Å². The lowest BCUT2D eigenvalue weighted by Gasteiger charge is -2.25. The van der Waals surface area contributed by atoms with Crippen LogP contribution in [0.4, 0.5) is 0 Å². The van der Waals surface area contributed by atoms with Gasteiger partial charge in [0.2, 0.25) is 0 Å².